The van der Waals surface area contributed by atoms with Gasteiger partial charge in [-0.15, -0.1) is 11.8 Å². The normalized spacial score (nSPS) is 14.8. The van der Waals surface area contributed by atoms with Gasteiger partial charge in [0.2, 0.25) is 0 Å². The zero-order chi connectivity index (χ0) is 14.1. The van der Waals surface area contributed by atoms with Gasteiger partial charge in [-0.1, -0.05) is 0 Å². The van der Waals surface area contributed by atoms with E-state index in [0.717, 1.165) is 28.8 Å². The molecule has 0 radical (unpaired) electrons. The molecule has 1 aliphatic heterocycles. The third-order valence-electron chi connectivity index (χ3n) is 3.49. The number of rotatable bonds is 3. The van der Waals surface area contributed by atoms with E-state index in [1.165, 1.54) is 10.5 Å². The van der Waals surface area contributed by atoms with E-state index in [2.05, 4.69) is 22.4 Å². The highest BCUT2D eigenvalue weighted by molar-refractivity contribution is 7.99. The van der Waals surface area contributed by atoms with Gasteiger partial charge in [-0.05, 0) is 31.0 Å². The second-order valence-electron chi connectivity index (χ2n) is 4.92. The number of fused-ring (bicyclic) bond motifs is 3. The van der Waals surface area contributed by atoms with Gasteiger partial charge in [-0.2, -0.15) is 5.26 Å². The topological polar surface area (TPSA) is 68.9 Å². The summed E-state index contributed by atoms with van der Waals surface area (Å²) in [6.45, 7) is 1.92. The third kappa shape index (κ3) is 2.11. The van der Waals surface area contributed by atoms with Gasteiger partial charge in [0.15, 0.2) is 0 Å². The first-order valence-corrected chi connectivity index (χ1v) is 7.58. The minimum Gasteiger partial charge on any atom is -0.394 e. The first-order valence-electron chi connectivity index (χ1n) is 6.59. The first-order chi connectivity index (χ1) is 9.74. The molecule has 2 heterocycles. The molecule has 3 rings (SSSR count). The molecule has 5 heteroatoms. The number of aromatic nitrogens is 1. The number of pyridine rings is 1. The summed E-state index contributed by atoms with van der Waals surface area (Å²) >= 11 is 1.84. The van der Waals surface area contributed by atoms with E-state index < -0.39 is 0 Å². The molecule has 0 saturated carbocycles. The predicted octanol–water partition coefficient (Wildman–Crippen LogP) is 2.55. The molecule has 0 fully saturated rings. The van der Waals surface area contributed by atoms with Crippen LogP contribution < -0.4 is 5.32 Å². The Bertz CT molecular complexity index is 708. The fourth-order valence-electron chi connectivity index (χ4n) is 2.51. The van der Waals surface area contributed by atoms with Crippen molar-refractivity contribution < 1.29 is 5.11 Å². The third-order valence-corrected chi connectivity index (χ3v) is 4.60. The van der Waals surface area contributed by atoms with Crippen LogP contribution in [-0.2, 0) is 6.42 Å². The van der Waals surface area contributed by atoms with Crippen molar-refractivity contribution in [3.05, 3.63) is 29.5 Å². The van der Waals surface area contributed by atoms with Gasteiger partial charge in [-0.25, -0.2) is 0 Å². The van der Waals surface area contributed by atoms with Crippen molar-refractivity contribution in [2.45, 2.75) is 24.3 Å². The van der Waals surface area contributed by atoms with Gasteiger partial charge in [0, 0.05) is 28.3 Å². The second-order valence-corrected chi connectivity index (χ2v) is 6.06. The number of nitriles is 1. The molecule has 1 atom stereocenters. The molecule has 20 heavy (non-hydrogen) atoms. The molecule has 0 spiro atoms. The van der Waals surface area contributed by atoms with Crippen molar-refractivity contribution in [1.82, 2.24) is 4.98 Å². The Kier molecular flexibility index (Phi) is 3.51. The van der Waals surface area contributed by atoms with Crippen molar-refractivity contribution in [3.8, 4) is 6.07 Å². The number of nitrogens with zero attached hydrogens (tertiary/aromatic N) is 2. The van der Waals surface area contributed by atoms with Crippen molar-refractivity contribution in [1.29, 1.82) is 5.26 Å². The predicted molar refractivity (Wildman–Crippen MR) is 81.1 cm³/mol. The Morgan fingerprint density at radius 2 is 2.40 bits per heavy atom. The molecule has 1 aliphatic rings. The summed E-state index contributed by atoms with van der Waals surface area (Å²) in [5, 5.41) is 22.9. The molecule has 1 unspecified atom stereocenters. The lowest BCUT2D eigenvalue weighted by Gasteiger charge is -2.17. The highest BCUT2D eigenvalue weighted by atomic mass is 32.2. The molecule has 2 aromatic rings. The molecule has 1 aromatic carbocycles. The van der Waals surface area contributed by atoms with Crippen LogP contribution in [0.1, 0.15) is 18.1 Å². The maximum absolute atomic E-state index is 9.31. The van der Waals surface area contributed by atoms with E-state index in [4.69, 9.17) is 0 Å². The highest BCUT2D eigenvalue weighted by Crippen LogP contribution is 2.39. The van der Waals surface area contributed by atoms with Gasteiger partial charge in [0.05, 0.1) is 23.4 Å². The molecule has 4 nitrogen and oxygen atoms in total. The SMILES string of the molecule is CC(CO)Nc1c(C#N)cnc2ccc3c(c12)CCS3. The van der Waals surface area contributed by atoms with E-state index in [1.54, 1.807) is 6.20 Å². The Balaban J connectivity index is 2.28. The first kappa shape index (κ1) is 13.2. The number of aliphatic hydroxyl groups excluding tert-OH is 1. The molecule has 0 aliphatic carbocycles. The summed E-state index contributed by atoms with van der Waals surface area (Å²) in [6, 6.07) is 6.20. The zero-order valence-corrected chi connectivity index (χ0v) is 12.0. The summed E-state index contributed by atoms with van der Waals surface area (Å²) < 4.78 is 0. The van der Waals surface area contributed by atoms with Crippen molar-refractivity contribution in [2.75, 3.05) is 17.7 Å². The van der Waals surface area contributed by atoms with Crippen LogP contribution in [0.3, 0.4) is 0 Å². The van der Waals surface area contributed by atoms with Crippen LogP contribution in [0.15, 0.2) is 23.2 Å². The lowest BCUT2D eigenvalue weighted by atomic mass is 10.0. The number of aliphatic hydroxyl groups is 1. The fourth-order valence-corrected chi connectivity index (χ4v) is 3.58. The minimum atomic E-state index is -0.0994. The van der Waals surface area contributed by atoms with Crippen LogP contribution in [0.25, 0.3) is 10.9 Å². The number of thioether (sulfide) groups is 1. The zero-order valence-electron chi connectivity index (χ0n) is 11.2. The fraction of sp³-hybridized carbons (Fsp3) is 0.333. The molecule has 0 amide bonds. The average molecular weight is 285 g/mol. The monoisotopic (exact) mass is 285 g/mol. The van der Waals surface area contributed by atoms with E-state index >= 15 is 0 Å². The van der Waals surface area contributed by atoms with Crippen molar-refractivity contribution >= 4 is 28.4 Å². The Labute approximate surface area is 121 Å². The average Bonchev–Trinajstić information content (AvgIpc) is 2.95. The summed E-state index contributed by atoms with van der Waals surface area (Å²) in [5.41, 5.74) is 3.50. The minimum absolute atomic E-state index is 0.0262. The maximum atomic E-state index is 9.31. The number of hydrogen-bond acceptors (Lipinski definition) is 5. The summed E-state index contributed by atoms with van der Waals surface area (Å²) in [4.78, 5) is 5.66. The van der Waals surface area contributed by atoms with Crippen LogP contribution in [0.4, 0.5) is 5.69 Å². The van der Waals surface area contributed by atoms with Crippen LogP contribution in [0.2, 0.25) is 0 Å². The molecule has 1 aromatic heterocycles. The highest BCUT2D eigenvalue weighted by Gasteiger charge is 2.20. The van der Waals surface area contributed by atoms with Gasteiger partial charge in [-0.3, -0.25) is 4.98 Å². The van der Waals surface area contributed by atoms with Crippen LogP contribution in [-0.4, -0.2) is 28.5 Å². The van der Waals surface area contributed by atoms with Crippen LogP contribution in [0.5, 0.6) is 0 Å². The van der Waals surface area contributed by atoms with E-state index in [-0.39, 0.29) is 12.6 Å². The van der Waals surface area contributed by atoms with E-state index in [9.17, 15) is 10.4 Å². The number of hydrogen-bond donors (Lipinski definition) is 2. The standard InChI is InChI=1S/C15H15N3OS/c1-9(8-19)18-15-10(6-16)7-17-12-2-3-13-11(14(12)15)4-5-20-13/h2-3,7,9,19H,4-5,8H2,1H3,(H,17,18). The molecular formula is C15H15N3OS. The molecule has 0 bridgehead atoms. The smallest absolute Gasteiger partial charge is 0.103 e. The Morgan fingerprint density at radius 1 is 1.55 bits per heavy atom. The quantitative estimate of drug-likeness (QED) is 0.907. The number of benzene rings is 1. The number of aryl methyl sites for hydroxylation is 1. The van der Waals surface area contributed by atoms with Gasteiger partial charge < -0.3 is 10.4 Å². The largest absolute Gasteiger partial charge is 0.394 e. The number of nitrogens with one attached hydrogen (secondary N) is 1. The second kappa shape index (κ2) is 5.31. The Morgan fingerprint density at radius 3 is 3.15 bits per heavy atom. The Hall–Kier alpha value is -1.77. The molecular weight excluding hydrogens is 270 g/mol. The van der Waals surface area contributed by atoms with Gasteiger partial charge >= 0.3 is 0 Å². The maximum Gasteiger partial charge on any atom is 0.103 e. The molecule has 2 N–H and O–H groups in total. The summed E-state index contributed by atoms with van der Waals surface area (Å²) in [6.07, 6.45) is 2.60. The van der Waals surface area contributed by atoms with Gasteiger partial charge in [0.25, 0.3) is 0 Å². The van der Waals surface area contributed by atoms with Crippen LogP contribution in [0, 0.1) is 11.3 Å². The summed E-state index contributed by atoms with van der Waals surface area (Å²) in [5.74, 6) is 1.07. The number of anilines is 1. The van der Waals surface area contributed by atoms with Crippen molar-refractivity contribution in [3.63, 3.8) is 0 Å². The molecule has 0 saturated heterocycles. The van der Waals surface area contributed by atoms with E-state index in [1.807, 2.05) is 24.8 Å². The molecule has 102 valence electrons. The van der Waals surface area contributed by atoms with Gasteiger partial charge in [0.1, 0.15) is 6.07 Å². The lowest BCUT2D eigenvalue weighted by Crippen LogP contribution is -2.20. The lowest BCUT2D eigenvalue weighted by molar-refractivity contribution is 0.281. The van der Waals surface area contributed by atoms with Crippen LogP contribution >= 0.6 is 11.8 Å². The van der Waals surface area contributed by atoms with E-state index in [0.29, 0.717) is 5.56 Å². The summed E-state index contributed by atoms with van der Waals surface area (Å²) in [7, 11) is 0. The van der Waals surface area contributed by atoms with Crippen molar-refractivity contribution in [2.24, 2.45) is 0 Å².